The number of aliphatic hydroxyl groups excluding tert-OH is 1. The molecule has 3 atom stereocenters. The molecule has 0 spiro atoms. The average molecular weight is 899 g/mol. The number of rotatable bonds is 13. The number of anilines is 2. The van der Waals surface area contributed by atoms with Gasteiger partial charge in [0.25, 0.3) is 5.91 Å². The molecule has 0 unspecified atom stereocenters. The van der Waals surface area contributed by atoms with Gasteiger partial charge in [-0.05, 0) is 78.8 Å². The predicted molar refractivity (Wildman–Crippen MR) is 230 cm³/mol. The van der Waals surface area contributed by atoms with E-state index in [0.29, 0.717) is 54.5 Å². The van der Waals surface area contributed by atoms with Crippen LogP contribution in [0.2, 0.25) is 0 Å². The number of aromatic nitrogens is 2. The van der Waals surface area contributed by atoms with E-state index in [1.165, 1.54) is 11.1 Å². The highest BCUT2D eigenvalue weighted by atomic mass is 32.2. The van der Waals surface area contributed by atoms with Crippen molar-refractivity contribution in [2.45, 2.75) is 57.0 Å². The summed E-state index contributed by atoms with van der Waals surface area (Å²) in [5.41, 5.74) is 3.47. The molecule has 4 aliphatic heterocycles. The van der Waals surface area contributed by atoms with Crippen molar-refractivity contribution in [3.63, 3.8) is 0 Å². The summed E-state index contributed by atoms with van der Waals surface area (Å²) >= 11 is 0. The van der Waals surface area contributed by atoms with Gasteiger partial charge in [-0.2, -0.15) is 12.7 Å². The Balaban J connectivity index is 0.789. The lowest BCUT2D eigenvalue weighted by Crippen LogP contribution is -2.52. The molecular weight excluding hydrogens is 854 g/mol. The number of nitrogens with zero attached hydrogens (tertiary/aromatic N) is 5. The molecule has 19 heteroatoms. The van der Waals surface area contributed by atoms with E-state index in [2.05, 4.69) is 25.1 Å². The number of piperazine rings is 1. The Morgan fingerprint density at radius 1 is 0.953 bits per heavy atom. The Bertz CT molecular complexity index is 2780. The standard InChI is InChI=1S/C45H45F3N8O7S/c46-30-13-14-55(24-30)64(62,63)52-37-10-9-36(47)40(41(37)48)42(59)35-22-50-43-34(35)20-28(21-49-43)27-3-5-31(6-4-27)54-17-15-53(16-18-54)25-32(57)7-1-26-2-8-33-29(19-26)23-56(45(33)61)38-11-12-39(58)51-44(38)60/h2-6,8-10,19-22,30,32,38,52,57H,1,7,11-18,23-25H2,(H,49,50)(H,51,58,60)/t30-,32+,38+/m1/s1. The minimum atomic E-state index is -4.37. The second-order valence-corrected chi connectivity index (χ2v) is 18.4. The first-order chi connectivity index (χ1) is 30.7. The monoisotopic (exact) mass is 898 g/mol. The van der Waals surface area contributed by atoms with Crippen molar-refractivity contribution in [3.05, 3.63) is 113 Å². The number of nitrogens with one attached hydrogen (secondary N) is 3. The summed E-state index contributed by atoms with van der Waals surface area (Å²) in [4.78, 5) is 64.1. The molecule has 3 aromatic carbocycles. The highest BCUT2D eigenvalue weighted by Gasteiger charge is 2.39. The van der Waals surface area contributed by atoms with E-state index in [0.717, 1.165) is 65.0 Å². The van der Waals surface area contributed by atoms with Gasteiger partial charge in [0.2, 0.25) is 17.6 Å². The van der Waals surface area contributed by atoms with Gasteiger partial charge in [-0.15, -0.1) is 0 Å². The van der Waals surface area contributed by atoms with Gasteiger partial charge < -0.3 is 19.9 Å². The molecule has 15 nitrogen and oxygen atoms in total. The number of carbonyl (C=O) groups excluding carboxylic acids is 4. The number of aliphatic hydroxyl groups is 1. The van der Waals surface area contributed by atoms with Crippen LogP contribution in [-0.4, -0.2) is 125 Å². The SMILES string of the molecule is O=C1CC[C@H](N2Cc3cc(CC[C@H](O)CN4CCN(c5ccc(-c6cnc7[nH]cc(C(=O)c8c(F)ccc(NS(=O)(=O)N9CC[C@@H](F)C9)c8F)c7c6)cc5)CC4)ccc3C2=O)C(=O)N1. The van der Waals surface area contributed by atoms with Gasteiger partial charge in [0.1, 0.15) is 23.7 Å². The zero-order valence-corrected chi connectivity index (χ0v) is 35.3. The Hall–Kier alpha value is -6.15. The number of fused-ring (bicyclic) bond motifs is 2. The number of amides is 3. The summed E-state index contributed by atoms with van der Waals surface area (Å²) in [5, 5.41) is 13.6. The van der Waals surface area contributed by atoms with Crippen LogP contribution in [0, 0.1) is 11.6 Å². The summed E-state index contributed by atoms with van der Waals surface area (Å²) in [6.07, 6.45) is 2.66. The quantitative estimate of drug-likeness (QED) is 0.0980. The van der Waals surface area contributed by atoms with Crippen LogP contribution in [0.15, 0.2) is 73.1 Å². The number of alkyl halides is 1. The maximum atomic E-state index is 15.7. The van der Waals surface area contributed by atoms with Crippen LogP contribution in [0.5, 0.6) is 0 Å². The van der Waals surface area contributed by atoms with E-state index in [-0.39, 0.29) is 36.8 Å². The molecule has 64 heavy (non-hydrogen) atoms. The molecule has 6 heterocycles. The Labute approximate surface area is 366 Å². The van der Waals surface area contributed by atoms with Gasteiger partial charge in [-0.25, -0.2) is 18.2 Å². The summed E-state index contributed by atoms with van der Waals surface area (Å²) in [5.74, 6) is -4.59. The first-order valence-electron chi connectivity index (χ1n) is 21.2. The number of ketones is 1. The third-order valence-corrected chi connectivity index (χ3v) is 14.0. The van der Waals surface area contributed by atoms with Crippen LogP contribution in [0.1, 0.15) is 63.1 Å². The van der Waals surface area contributed by atoms with Crippen LogP contribution in [-0.2, 0) is 32.8 Å². The number of H-pyrrole nitrogens is 1. The predicted octanol–water partition coefficient (Wildman–Crippen LogP) is 4.32. The number of halogens is 3. The molecule has 3 fully saturated rings. The molecule has 0 saturated carbocycles. The minimum absolute atomic E-state index is 0.00482. The zero-order valence-electron chi connectivity index (χ0n) is 34.5. The van der Waals surface area contributed by atoms with E-state index in [4.69, 9.17) is 0 Å². The zero-order chi connectivity index (χ0) is 44.9. The molecule has 9 rings (SSSR count). The van der Waals surface area contributed by atoms with Gasteiger partial charge in [0, 0.05) is 98.9 Å². The van der Waals surface area contributed by atoms with Crippen molar-refractivity contribution in [2.24, 2.45) is 0 Å². The maximum Gasteiger partial charge on any atom is 0.301 e. The smallest absolute Gasteiger partial charge is 0.301 e. The lowest BCUT2D eigenvalue weighted by Gasteiger charge is -2.37. The largest absolute Gasteiger partial charge is 0.392 e. The Kier molecular flexibility index (Phi) is 11.7. The molecule has 4 N–H and O–H groups in total. The topological polar surface area (TPSA) is 188 Å². The number of imide groups is 1. The van der Waals surface area contributed by atoms with E-state index in [9.17, 15) is 37.1 Å². The number of aromatic amines is 1. The molecule has 2 aromatic heterocycles. The van der Waals surface area contributed by atoms with E-state index < -0.39 is 69.6 Å². The minimum Gasteiger partial charge on any atom is -0.392 e. The summed E-state index contributed by atoms with van der Waals surface area (Å²) in [7, 11) is -4.37. The fourth-order valence-electron chi connectivity index (χ4n) is 8.99. The van der Waals surface area contributed by atoms with E-state index in [1.807, 2.05) is 41.1 Å². The first kappa shape index (κ1) is 43.1. The van der Waals surface area contributed by atoms with Crippen molar-refractivity contribution < 1.29 is 45.9 Å². The van der Waals surface area contributed by atoms with Gasteiger partial charge in [-0.1, -0.05) is 24.3 Å². The fraction of sp³-hybridized carbons (Fsp3) is 0.356. The lowest BCUT2D eigenvalue weighted by atomic mass is 9.99. The number of piperidine rings is 1. The normalized spacial score (nSPS) is 20.2. The summed E-state index contributed by atoms with van der Waals surface area (Å²) in [6.45, 7) is 3.29. The van der Waals surface area contributed by atoms with Crippen molar-refractivity contribution >= 4 is 56.1 Å². The molecule has 0 bridgehead atoms. The fourth-order valence-corrected chi connectivity index (χ4v) is 10.3. The molecule has 334 valence electrons. The van der Waals surface area contributed by atoms with Crippen LogP contribution in [0.25, 0.3) is 22.2 Å². The number of benzene rings is 3. The Morgan fingerprint density at radius 3 is 2.47 bits per heavy atom. The van der Waals surface area contributed by atoms with Crippen molar-refractivity contribution in [1.29, 1.82) is 0 Å². The number of carbonyl (C=O) groups is 4. The lowest BCUT2D eigenvalue weighted by molar-refractivity contribution is -0.136. The highest BCUT2D eigenvalue weighted by molar-refractivity contribution is 7.90. The van der Waals surface area contributed by atoms with Crippen LogP contribution in [0.4, 0.5) is 24.5 Å². The van der Waals surface area contributed by atoms with E-state index >= 15 is 8.78 Å². The number of hydrogen-bond donors (Lipinski definition) is 4. The third kappa shape index (κ3) is 8.59. The van der Waals surface area contributed by atoms with Crippen LogP contribution < -0.4 is 14.9 Å². The summed E-state index contributed by atoms with van der Waals surface area (Å²) < 4.78 is 73.0. The number of aryl methyl sites for hydroxylation is 1. The van der Waals surface area contributed by atoms with E-state index in [1.54, 1.807) is 18.3 Å². The third-order valence-electron chi connectivity index (χ3n) is 12.5. The van der Waals surface area contributed by atoms with Crippen molar-refractivity contribution in [3.8, 4) is 11.1 Å². The molecule has 0 aliphatic carbocycles. The number of hydrogen-bond acceptors (Lipinski definition) is 10. The number of pyridine rings is 1. The van der Waals surface area contributed by atoms with Crippen LogP contribution >= 0.6 is 0 Å². The van der Waals surface area contributed by atoms with Gasteiger partial charge in [0.05, 0.1) is 17.4 Å². The average Bonchev–Trinajstić information content (AvgIpc) is 4.01. The first-order valence-corrected chi connectivity index (χ1v) is 22.6. The van der Waals surface area contributed by atoms with Gasteiger partial charge >= 0.3 is 10.2 Å². The highest BCUT2D eigenvalue weighted by Crippen LogP contribution is 2.32. The van der Waals surface area contributed by atoms with Crippen LogP contribution in [0.3, 0.4) is 0 Å². The number of β-amino-alcohol motifs (C(OH)–C–C–N with tert-alkyl or cyclic N) is 1. The van der Waals surface area contributed by atoms with Crippen molar-refractivity contribution in [2.75, 3.05) is 55.4 Å². The molecule has 3 amide bonds. The molecular formula is C45H45F3N8O7S. The second-order valence-electron chi connectivity index (χ2n) is 16.7. The Morgan fingerprint density at radius 2 is 1.73 bits per heavy atom. The van der Waals surface area contributed by atoms with Gasteiger partial charge in [-0.3, -0.25) is 34.1 Å². The molecule has 0 radical (unpaired) electrons. The second kappa shape index (κ2) is 17.4. The molecule has 5 aromatic rings. The van der Waals surface area contributed by atoms with Crippen molar-refractivity contribution in [1.82, 2.24) is 29.4 Å². The van der Waals surface area contributed by atoms with Gasteiger partial charge in [0.15, 0.2) is 5.82 Å². The maximum absolute atomic E-state index is 15.7. The molecule has 3 saturated heterocycles. The summed E-state index contributed by atoms with van der Waals surface area (Å²) in [6, 6.07) is 16.1. The molecule has 4 aliphatic rings.